The van der Waals surface area contributed by atoms with Crippen molar-refractivity contribution in [2.24, 2.45) is 0 Å². The molecule has 0 aliphatic carbocycles. The van der Waals surface area contributed by atoms with Crippen LogP contribution in [-0.2, 0) is 0 Å². The normalized spacial score (nSPS) is 22.1. The molecule has 0 radical (unpaired) electrons. The van der Waals surface area contributed by atoms with Gasteiger partial charge in [-0.3, -0.25) is 5.43 Å². The third kappa shape index (κ3) is 1.43. The predicted octanol–water partition coefficient (Wildman–Crippen LogP) is -0.626. The molecule has 0 amide bonds. The van der Waals surface area contributed by atoms with Crippen LogP contribution in [0, 0.1) is 0 Å². The highest BCUT2D eigenvalue weighted by atomic mass is 15.6. The van der Waals surface area contributed by atoms with E-state index in [0.717, 1.165) is 26.3 Å². The van der Waals surface area contributed by atoms with Crippen molar-refractivity contribution < 1.29 is 0 Å². The van der Waals surface area contributed by atoms with Crippen LogP contribution < -0.4 is 10.7 Å². The van der Waals surface area contributed by atoms with E-state index in [-0.39, 0.29) is 0 Å². The highest BCUT2D eigenvalue weighted by molar-refractivity contribution is 4.60. The van der Waals surface area contributed by atoms with Gasteiger partial charge in [-0.1, -0.05) is 6.92 Å². The minimum Gasteiger partial charge on any atom is -0.302 e. The second-order valence-corrected chi connectivity index (χ2v) is 1.93. The highest BCUT2D eigenvalue weighted by Gasteiger charge is 2.06. The van der Waals surface area contributed by atoms with Crippen LogP contribution in [0.1, 0.15) is 6.92 Å². The molecular formula is C5H13N3. The molecule has 3 nitrogen and oxygen atoms in total. The molecule has 2 N–H and O–H groups in total. The highest BCUT2D eigenvalue weighted by Crippen LogP contribution is 1.83. The van der Waals surface area contributed by atoms with Gasteiger partial charge < -0.3 is 5.32 Å². The zero-order valence-corrected chi connectivity index (χ0v) is 5.28. The Morgan fingerprint density at radius 2 is 2.62 bits per heavy atom. The maximum atomic E-state index is 3.22. The number of hydrazine groups is 1. The van der Waals surface area contributed by atoms with Gasteiger partial charge in [-0.2, -0.15) is 0 Å². The van der Waals surface area contributed by atoms with Crippen molar-refractivity contribution in [2.45, 2.75) is 6.92 Å². The molecular weight excluding hydrogens is 102 g/mol. The minimum atomic E-state index is 0.994. The summed E-state index contributed by atoms with van der Waals surface area (Å²) in [4.78, 5) is 0. The Kier molecular flexibility index (Phi) is 2.27. The smallest absolute Gasteiger partial charge is 0.0621 e. The quantitative estimate of drug-likeness (QED) is 0.502. The van der Waals surface area contributed by atoms with Gasteiger partial charge in [0.2, 0.25) is 0 Å². The standard InChI is InChI=1S/C5H13N3/c1-2-7-8-4-3-6-5-8/h6-7H,2-5H2,1H3. The summed E-state index contributed by atoms with van der Waals surface area (Å²) in [5.74, 6) is 0. The maximum absolute atomic E-state index is 3.22. The molecule has 0 aromatic rings. The Balaban J connectivity index is 2.06. The monoisotopic (exact) mass is 115 g/mol. The van der Waals surface area contributed by atoms with Crippen molar-refractivity contribution in [2.75, 3.05) is 26.3 Å². The average molecular weight is 115 g/mol. The molecule has 0 aromatic heterocycles. The van der Waals surface area contributed by atoms with Gasteiger partial charge in [-0.15, -0.1) is 0 Å². The second kappa shape index (κ2) is 3.02. The third-order valence-corrected chi connectivity index (χ3v) is 1.24. The van der Waals surface area contributed by atoms with Crippen LogP contribution in [0.4, 0.5) is 0 Å². The summed E-state index contributed by atoms with van der Waals surface area (Å²) in [7, 11) is 0. The fourth-order valence-corrected chi connectivity index (χ4v) is 0.866. The zero-order chi connectivity index (χ0) is 5.82. The van der Waals surface area contributed by atoms with Gasteiger partial charge in [0.1, 0.15) is 0 Å². The van der Waals surface area contributed by atoms with Crippen LogP contribution in [0.15, 0.2) is 0 Å². The van der Waals surface area contributed by atoms with Crippen molar-refractivity contribution in [1.82, 2.24) is 15.8 Å². The first-order chi connectivity index (χ1) is 3.93. The van der Waals surface area contributed by atoms with Crippen LogP contribution in [0.25, 0.3) is 0 Å². The molecule has 48 valence electrons. The molecule has 0 spiro atoms. The van der Waals surface area contributed by atoms with Gasteiger partial charge in [-0.25, -0.2) is 5.01 Å². The van der Waals surface area contributed by atoms with E-state index in [9.17, 15) is 0 Å². The molecule has 1 aliphatic heterocycles. The average Bonchev–Trinajstić information content (AvgIpc) is 2.19. The van der Waals surface area contributed by atoms with Crippen molar-refractivity contribution in [3.05, 3.63) is 0 Å². The summed E-state index contributed by atoms with van der Waals surface area (Å²) in [6, 6.07) is 0. The SMILES string of the molecule is CCNN1CCNC1. The third-order valence-electron chi connectivity index (χ3n) is 1.24. The first-order valence-corrected chi connectivity index (χ1v) is 3.12. The first-order valence-electron chi connectivity index (χ1n) is 3.12. The van der Waals surface area contributed by atoms with E-state index in [1.807, 2.05) is 0 Å². The summed E-state index contributed by atoms with van der Waals surface area (Å²) in [6.45, 7) is 6.38. The second-order valence-electron chi connectivity index (χ2n) is 1.93. The molecule has 1 heterocycles. The lowest BCUT2D eigenvalue weighted by Gasteiger charge is -2.12. The molecule has 0 saturated carbocycles. The molecule has 0 aromatic carbocycles. The van der Waals surface area contributed by atoms with Gasteiger partial charge >= 0.3 is 0 Å². The molecule has 8 heavy (non-hydrogen) atoms. The van der Waals surface area contributed by atoms with Crippen LogP contribution >= 0.6 is 0 Å². The lowest BCUT2D eigenvalue weighted by atomic mass is 10.7. The van der Waals surface area contributed by atoms with Gasteiger partial charge in [0, 0.05) is 19.6 Å². The van der Waals surface area contributed by atoms with E-state index >= 15 is 0 Å². The molecule has 1 saturated heterocycles. The van der Waals surface area contributed by atoms with Crippen molar-refractivity contribution in [1.29, 1.82) is 0 Å². The van der Waals surface area contributed by atoms with Crippen LogP contribution in [-0.4, -0.2) is 31.3 Å². The molecule has 0 bridgehead atoms. The summed E-state index contributed by atoms with van der Waals surface area (Å²) in [6.07, 6.45) is 0. The van der Waals surface area contributed by atoms with Gasteiger partial charge in [-0.05, 0) is 0 Å². The Morgan fingerprint density at radius 1 is 1.75 bits per heavy atom. The van der Waals surface area contributed by atoms with Crippen molar-refractivity contribution in [3.63, 3.8) is 0 Å². The largest absolute Gasteiger partial charge is 0.302 e. The lowest BCUT2D eigenvalue weighted by Crippen LogP contribution is -2.36. The number of rotatable bonds is 2. The van der Waals surface area contributed by atoms with Crippen LogP contribution in [0.5, 0.6) is 0 Å². The summed E-state index contributed by atoms with van der Waals surface area (Å²) in [5, 5.41) is 5.40. The van der Waals surface area contributed by atoms with Gasteiger partial charge in [0.25, 0.3) is 0 Å². The maximum Gasteiger partial charge on any atom is 0.0621 e. The summed E-state index contributed by atoms with van der Waals surface area (Å²) >= 11 is 0. The fourth-order valence-electron chi connectivity index (χ4n) is 0.866. The summed E-state index contributed by atoms with van der Waals surface area (Å²) in [5.41, 5.74) is 3.22. The molecule has 1 rings (SSSR count). The molecule has 0 atom stereocenters. The summed E-state index contributed by atoms with van der Waals surface area (Å²) < 4.78 is 0. The van der Waals surface area contributed by atoms with E-state index in [1.54, 1.807) is 0 Å². The number of hydrogen-bond donors (Lipinski definition) is 2. The molecule has 0 unspecified atom stereocenters. The number of nitrogens with one attached hydrogen (secondary N) is 2. The van der Waals surface area contributed by atoms with E-state index in [4.69, 9.17) is 0 Å². The van der Waals surface area contributed by atoms with Crippen LogP contribution in [0.3, 0.4) is 0 Å². The van der Waals surface area contributed by atoms with E-state index in [2.05, 4.69) is 22.7 Å². The van der Waals surface area contributed by atoms with E-state index in [1.165, 1.54) is 0 Å². The Labute approximate surface area is 50.0 Å². The Hall–Kier alpha value is -0.120. The number of hydrogen-bond acceptors (Lipinski definition) is 3. The van der Waals surface area contributed by atoms with Crippen molar-refractivity contribution in [3.8, 4) is 0 Å². The fraction of sp³-hybridized carbons (Fsp3) is 1.00. The Bertz CT molecular complexity index is 58.7. The minimum absolute atomic E-state index is 0.994. The zero-order valence-electron chi connectivity index (χ0n) is 5.28. The predicted molar refractivity (Wildman–Crippen MR) is 33.3 cm³/mol. The van der Waals surface area contributed by atoms with Crippen molar-refractivity contribution >= 4 is 0 Å². The molecule has 3 heteroatoms. The van der Waals surface area contributed by atoms with Gasteiger partial charge in [0.05, 0.1) is 6.67 Å². The first kappa shape index (κ1) is 6.01. The topological polar surface area (TPSA) is 27.3 Å². The lowest BCUT2D eigenvalue weighted by molar-refractivity contribution is 0.240. The van der Waals surface area contributed by atoms with E-state index in [0.29, 0.717) is 0 Å². The van der Waals surface area contributed by atoms with E-state index < -0.39 is 0 Å². The van der Waals surface area contributed by atoms with Crippen LogP contribution in [0.2, 0.25) is 0 Å². The van der Waals surface area contributed by atoms with Gasteiger partial charge in [0.15, 0.2) is 0 Å². The number of nitrogens with zero attached hydrogens (tertiary/aromatic N) is 1. The molecule has 1 fully saturated rings. The molecule has 1 aliphatic rings. The Morgan fingerprint density at radius 3 is 3.12 bits per heavy atom.